The SMILES string of the molecule is Cc1[c-]c(-c2nccc3c2ccc2cc(-c4ccc(OC(=O)C(F)(F)F)c5ccccc45)ccc23)cc(C)c1.[Ir]. The molecular formula is C33H21F3IrNO2-. The van der Waals surface area contributed by atoms with Crippen molar-refractivity contribution in [2.75, 3.05) is 0 Å². The van der Waals surface area contributed by atoms with E-state index in [2.05, 4.69) is 48.3 Å². The van der Waals surface area contributed by atoms with Gasteiger partial charge in [-0.2, -0.15) is 13.2 Å². The molecule has 0 aliphatic carbocycles. The van der Waals surface area contributed by atoms with Crippen LogP contribution in [0, 0.1) is 19.9 Å². The van der Waals surface area contributed by atoms with Crippen LogP contribution in [-0.2, 0) is 24.9 Å². The maximum absolute atomic E-state index is 12.8. The predicted molar refractivity (Wildman–Crippen MR) is 148 cm³/mol. The summed E-state index contributed by atoms with van der Waals surface area (Å²) in [6, 6.07) is 29.8. The van der Waals surface area contributed by atoms with E-state index in [-0.39, 0.29) is 25.9 Å². The molecule has 1 heterocycles. The van der Waals surface area contributed by atoms with E-state index in [1.807, 2.05) is 31.3 Å². The van der Waals surface area contributed by atoms with Crippen LogP contribution in [-0.4, -0.2) is 17.1 Å². The maximum atomic E-state index is 12.8. The minimum Gasteiger partial charge on any atom is -0.419 e. The first-order chi connectivity index (χ1) is 18.7. The van der Waals surface area contributed by atoms with Crippen LogP contribution in [0.3, 0.4) is 0 Å². The number of nitrogens with zero attached hydrogens (tertiary/aromatic N) is 1. The molecule has 0 bridgehead atoms. The molecule has 5 aromatic carbocycles. The first kappa shape index (κ1) is 27.5. The molecule has 7 heteroatoms. The summed E-state index contributed by atoms with van der Waals surface area (Å²) in [4.78, 5) is 16.2. The van der Waals surface area contributed by atoms with Gasteiger partial charge in [-0.3, -0.25) is 0 Å². The molecule has 0 fully saturated rings. The molecule has 0 spiro atoms. The van der Waals surface area contributed by atoms with E-state index in [4.69, 9.17) is 4.74 Å². The Balaban J connectivity index is 0.00000323. The number of pyridine rings is 1. The summed E-state index contributed by atoms with van der Waals surface area (Å²) < 4.78 is 43.1. The number of aryl methyl sites for hydroxylation is 2. The molecule has 0 aliphatic heterocycles. The number of esters is 1. The second kappa shape index (κ2) is 10.5. The normalized spacial score (nSPS) is 11.5. The van der Waals surface area contributed by atoms with Crippen molar-refractivity contribution in [2.45, 2.75) is 20.0 Å². The van der Waals surface area contributed by atoms with Crippen LogP contribution in [0.1, 0.15) is 11.1 Å². The molecule has 6 aromatic rings. The van der Waals surface area contributed by atoms with Gasteiger partial charge in [0.1, 0.15) is 5.75 Å². The van der Waals surface area contributed by atoms with E-state index >= 15 is 0 Å². The Bertz CT molecular complexity index is 1910. The number of aromatic nitrogens is 1. The summed E-state index contributed by atoms with van der Waals surface area (Å²) in [7, 11) is 0. The summed E-state index contributed by atoms with van der Waals surface area (Å²) in [6.45, 7) is 4.08. The fourth-order valence-corrected chi connectivity index (χ4v) is 5.17. The van der Waals surface area contributed by atoms with Crippen LogP contribution in [0.25, 0.3) is 54.7 Å². The summed E-state index contributed by atoms with van der Waals surface area (Å²) in [5.41, 5.74) is 5.74. The number of carbonyl (C=O) groups is 1. The minimum atomic E-state index is -5.08. The quantitative estimate of drug-likeness (QED) is 0.0798. The van der Waals surface area contributed by atoms with E-state index in [0.29, 0.717) is 10.8 Å². The Morgan fingerprint density at radius 2 is 1.55 bits per heavy atom. The van der Waals surface area contributed by atoms with Crippen LogP contribution >= 0.6 is 0 Å². The number of carbonyl (C=O) groups excluding carboxylic acids is 1. The van der Waals surface area contributed by atoms with Gasteiger partial charge in [0.25, 0.3) is 0 Å². The van der Waals surface area contributed by atoms with Crippen molar-refractivity contribution in [3.8, 4) is 28.1 Å². The first-order valence-corrected chi connectivity index (χ1v) is 12.3. The summed E-state index contributed by atoms with van der Waals surface area (Å²) in [6.07, 6.45) is -3.27. The fraction of sp³-hybridized carbons (Fsp3) is 0.0909. The number of fused-ring (bicyclic) bond motifs is 4. The van der Waals surface area contributed by atoms with Crippen molar-refractivity contribution in [3.63, 3.8) is 0 Å². The van der Waals surface area contributed by atoms with E-state index in [9.17, 15) is 18.0 Å². The van der Waals surface area contributed by atoms with Crippen molar-refractivity contribution >= 4 is 38.3 Å². The smallest absolute Gasteiger partial charge is 0.419 e. The van der Waals surface area contributed by atoms with E-state index in [1.54, 1.807) is 30.3 Å². The van der Waals surface area contributed by atoms with Crippen LogP contribution in [0.4, 0.5) is 13.2 Å². The molecule has 0 saturated heterocycles. The minimum absolute atomic E-state index is 0. The van der Waals surface area contributed by atoms with Gasteiger partial charge in [-0.25, -0.2) is 4.79 Å². The molecule has 0 saturated carbocycles. The molecule has 0 amide bonds. The Morgan fingerprint density at radius 3 is 2.30 bits per heavy atom. The van der Waals surface area contributed by atoms with Gasteiger partial charge in [-0.1, -0.05) is 68.4 Å². The third kappa shape index (κ3) is 4.99. The number of hydrogen-bond acceptors (Lipinski definition) is 3. The number of rotatable bonds is 3. The molecule has 3 nitrogen and oxygen atoms in total. The third-order valence-corrected chi connectivity index (χ3v) is 6.79. The second-order valence-electron chi connectivity index (χ2n) is 9.55. The van der Waals surface area contributed by atoms with Crippen molar-refractivity contribution < 1.29 is 42.8 Å². The number of ether oxygens (including phenoxy) is 1. The Kier molecular flexibility index (Phi) is 7.21. The predicted octanol–water partition coefficient (Wildman–Crippen LogP) is 8.76. The molecule has 40 heavy (non-hydrogen) atoms. The van der Waals surface area contributed by atoms with Crippen molar-refractivity contribution in [3.05, 3.63) is 108 Å². The summed E-state index contributed by atoms with van der Waals surface area (Å²) in [5, 5.41) is 5.27. The van der Waals surface area contributed by atoms with Gasteiger partial charge in [0.2, 0.25) is 0 Å². The molecule has 0 aliphatic rings. The second-order valence-corrected chi connectivity index (χ2v) is 9.55. The molecule has 6 rings (SSSR count). The maximum Gasteiger partial charge on any atom is 0.491 e. The van der Waals surface area contributed by atoms with Gasteiger partial charge in [0.15, 0.2) is 0 Å². The largest absolute Gasteiger partial charge is 0.491 e. The molecular weight excluding hydrogens is 692 g/mol. The van der Waals surface area contributed by atoms with Crippen LogP contribution in [0.5, 0.6) is 5.75 Å². The van der Waals surface area contributed by atoms with E-state index in [1.165, 1.54) is 6.07 Å². The molecule has 1 aromatic heterocycles. The van der Waals surface area contributed by atoms with Crippen molar-refractivity contribution in [1.29, 1.82) is 0 Å². The van der Waals surface area contributed by atoms with Gasteiger partial charge >= 0.3 is 12.1 Å². The molecule has 0 unspecified atom stereocenters. The number of alkyl halides is 3. The van der Waals surface area contributed by atoms with Gasteiger partial charge in [-0.15, -0.1) is 34.9 Å². The Hall–Kier alpha value is -4.06. The van der Waals surface area contributed by atoms with Crippen LogP contribution in [0.15, 0.2) is 91.1 Å². The van der Waals surface area contributed by atoms with E-state index < -0.39 is 12.1 Å². The van der Waals surface area contributed by atoms with Gasteiger partial charge in [0, 0.05) is 31.7 Å². The first-order valence-electron chi connectivity index (χ1n) is 12.3. The zero-order chi connectivity index (χ0) is 27.3. The standard InChI is InChI=1S/C33H21F3NO2.Ir/c1-19-15-20(2)17-23(16-19)31-29-10-8-22-18-21(7-9-24(22)27(29)13-14-37-31)25-11-12-30(39-32(38)33(34,35)36)28-6-4-3-5-26(25)28;/h3-16,18H,1-2H3;/q-1;. The van der Waals surface area contributed by atoms with Gasteiger partial charge < -0.3 is 9.72 Å². The third-order valence-electron chi connectivity index (χ3n) is 6.79. The van der Waals surface area contributed by atoms with Crippen molar-refractivity contribution in [2.24, 2.45) is 0 Å². The molecule has 0 N–H and O–H groups in total. The zero-order valence-corrected chi connectivity index (χ0v) is 23.8. The van der Waals surface area contributed by atoms with Gasteiger partial charge in [-0.05, 0) is 62.0 Å². The molecule has 1 radical (unpaired) electrons. The Labute approximate surface area is 242 Å². The fourth-order valence-electron chi connectivity index (χ4n) is 5.17. The van der Waals surface area contributed by atoms with E-state index in [0.717, 1.165) is 55.1 Å². The molecule has 201 valence electrons. The Morgan fingerprint density at radius 1 is 0.800 bits per heavy atom. The average molecular weight is 713 g/mol. The monoisotopic (exact) mass is 713 g/mol. The van der Waals surface area contributed by atoms with Gasteiger partial charge in [0.05, 0.1) is 0 Å². The summed E-state index contributed by atoms with van der Waals surface area (Å²) >= 11 is 0. The van der Waals surface area contributed by atoms with Crippen LogP contribution < -0.4 is 4.74 Å². The van der Waals surface area contributed by atoms with Crippen molar-refractivity contribution in [1.82, 2.24) is 4.98 Å². The zero-order valence-electron chi connectivity index (χ0n) is 21.4. The average Bonchev–Trinajstić information content (AvgIpc) is 2.91. The van der Waals surface area contributed by atoms with Crippen LogP contribution in [0.2, 0.25) is 0 Å². The number of hydrogen-bond donors (Lipinski definition) is 0. The summed E-state index contributed by atoms with van der Waals surface area (Å²) in [5.74, 6) is -2.38. The number of benzene rings is 5. The number of halogens is 3. The molecule has 0 atom stereocenters. The topological polar surface area (TPSA) is 39.2 Å².